The van der Waals surface area contributed by atoms with Crippen LogP contribution in [-0.2, 0) is 0 Å². The van der Waals surface area contributed by atoms with Crippen LogP contribution in [0.4, 0.5) is 5.82 Å². The van der Waals surface area contributed by atoms with E-state index in [1.54, 1.807) is 0 Å². The van der Waals surface area contributed by atoms with E-state index in [1.807, 2.05) is 6.08 Å². The third-order valence-corrected chi connectivity index (χ3v) is 4.85. The van der Waals surface area contributed by atoms with E-state index < -0.39 is 6.10 Å². The van der Waals surface area contributed by atoms with E-state index in [2.05, 4.69) is 38.7 Å². The highest BCUT2D eigenvalue weighted by atomic mass is 16.5. The number of aromatic nitrogens is 2. The van der Waals surface area contributed by atoms with Crippen molar-refractivity contribution in [1.82, 2.24) is 9.97 Å². The molecule has 3 unspecified atom stereocenters. The fourth-order valence-corrected chi connectivity index (χ4v) is 3.13. The van der Waals surface area contributed by atoms with Gasteiger partial charge >= 0.3 is 0 Å². The molecule has 0 spiro atoms. The highest BCUT2D eigenvalue weighted by Crippen LogP contribution is 2.40. The molecule has 2 aliphatic rings. The van der Waals surface area contributed by atoms with E-state index in [0.29, 0.717) is 18.9 Å². The van der Waals surface area contributed by atoms with Gasteiger partial charge in [0.15, 0.2) is 11.6 Å². The molecule has 0 radical (unpaired) electrons. The number of aliphatic hydroxyl groups is 1. The Morgan fingerprint density at radius 3 is 2.78 bits per heavy atom. The molecule has 3 atom stereocenters. The van der Waals surface area contributed by atoms with Crippen molar-refractivity contribution < 1.29 is 9.84 Å². The van der Waals surface area contributed by atoms with Crippen molar-refractivity contribution in [2.24, 2.45) is 0 Å². The second-order valence-electron chi connectivity index (χ2n) is 6.89. The fourth-order valence-electron chi connectivity index (χ4n) is 3.13. The van der Waals surface area contributed by atoms with Crippen LogP contribution in [0.25, 0.3) is 0 Å². The Hall–Kier alpha value is -1.62. The Morgan fingerprint density at radius 1 is 1.30 bits per heavy atom. The van der Waals surface area contributed by atoms with E-state index in [-0.39, 0.29) is 12.0 Å². The fraction of sp³-hybridized carbons (Fsp3) is 0.667. The van der Waals surface area contributed by atoms with Crippen molar-refractivity contribution in [2.45, 2.75) is 64.5 Å². The standard InChI is InChI=1S/C18H27N3O2/c1-5-12(4)15-16-18(20-17(19-15)11(2)3)21-9-7-6-8-14(22)13(21)10-23-16/h6-7,11-14,22H,5,8-10H2,1-4H3. The van der Waals surface area contributed by atoms with Crippen molar-refractivity contribution in [3.05, 3.63) is 23.7 Å². The third-order valence-electron chi connectivity index (χ3n) is 4.85. The summed E-state index contributed by atoms with van der Waals surface area (Å²) in [6.07, 6.45) is 5.41. The topological polar surface area (TPSA) is 58.5 Å². The molecular formula is C18H27N3O2. The zero-order valence-corrected chi connectivity index (χ0v) is 14.5. The van der Waals surface area contributed by atoms with Crippen LogP contribution in [0.5, 0.6) is 5.75 Å². The first-order valence-corrected chi connectivity index (χ1v) is 8.67. The quantitative estimate of drug-likeness (QED) is 0.869. The highest BCUT2D eigenvalue weighted by Gasteiger charge is 2.36. The molecule has 0 fully saturated rings. The van der Waals surface area contributed by atoms with Crippen LogP contribution < -0.4 is 9.64 Å². The minimum absolute atomic E-state index is 0.0443. The summed E-state index contributed by atoms with van der Waals surface area (Å²) in [4.78, 5) is 11.8. The Labute approximate surface area is 138 Å². The van der Waals surface area contributed by atoms with Gasteiger partial charge in [-0.25, -0.2) is 9.97 Å². The number of aliphatic hydroxyl groups excluding tert-OH is 1. The zero-order valence-electron chi connectivity index (χ0n) is 14.5. The number of rotatable bonds is 3. The molecule has 3 rings (SSSR count). The molecule has 23 heavy (non-hydrogen) atoms. The second kappa shape index (κ2) is 6.48. The molecule has 0 amide bonds. The Morgan fingerprint density at radius 2 is 2.09 bits per heavy atom. The van der Waals surface area contributed by atoms with E-state index in [4.69, 9.17) is 14.7 Å². The average molecular weight is 317 g/mol. The summed E-state index contributed by atoms with van der Waals surface area (Å²) in [7, 11) is 0. The van der Waals surface area contributed by atoms with Gasteiger partial charge < -0.3 is 14.7 Å². The largest absolute Gasteiger partial charge is 0.486 e. The van der Waals surface area contributed by atoms with Crippen molar-refractivity contribution in [2.75, 3.05) is 18.1 Å². The van der Waals surface area contributed by atoms with E-state index in [1.165, 1.54) is 0 Å². The first-order valence-electron chi connectivity index (χ1n) is 8.67. The lowest BCUT2D eigenvalue weighted by Crippen LogP contribution is -2.50. The molecule has 5 heteroatoms. The summed E-state index contributed by atoms with van der Waals surface area (Å²) in [6.45, 7) is 9.81. The molecule has 2 aliphatic heterocycles. The Balaban J connectivity index is 2.12. The van der Waals surface area contributed by atoms with Crippen LogP contribution >= 0.6 is 0 Å². The first-order chi connectivity index (χ1) is 11.0. The van der Waals surface area contributed by atoms with Crippen molar-refractivity contribution in [1.29, 1.82) is 0 Å². The normalized spacial score (nSPS) is 24.7. The van der Waals surface area contributed by atoms with E-state index in [9.17, 15) is 5.11 Å². The van der Waals surface area contributed by atoms with E-state index in [0.717, 1.165) is 36.1 Å². The molecular weight excluding hydrogens is 290 g/mol. The first kappa shape index (κ1) is 16.2. The van der Waals surface area contributed by atoms with Gasteiger partial charge in [-0.3, -0.25) is 0 Å². The van der Waals surface area contributed by atoms with Gasteiger partial charge in [0.25, 0.3) is 0 Å². The van der Waals surface area contributed by atoms with Crippen LogP contribution in [0.2, 0.25) is 0 Å². The van der Waals surface area contributed by atoms with Crippen molar-refractivity contribution in [3.8, 4) is 5.75 Å². The SMILES string of the molecule is CCC(C)c1nc(C(C)C)nc2c1OCC1C(O)CC=CCN21. The van der Waals surface area contributed by atoms with Crippen LogP contribution in [-0.4, -0.2) is 40.4 Å². The number of fused-ring (bicyclic) bond motifs is 3. The summed E-state index contributed by atoms with van der Waals surface area (Å²) in [5, 5.41) is 10.4. The lowest BCUT2D eigenvalue weighted by molar-refractivity contribution is 0.107. The van der Waals surface area contributed by atoms with Crippen molar-refractivity contribution in [3.63, 3.8) is 0 Å². The lowest BCUT2D eigenvalue weighted by Gasteiger charge is -2.39. The third kappa shape index (κ3) is 2.94. The number of anilines is 1. The van der Waals surface area contributed by atoms with Gasteiger partial charge in [0.2, 0.25) is 0 Å². The summed E-state index contributed by atoms with van der Waals surface area (Å²) in [5.41, 5.74) is 1.00. The number of hydrogen-bond acceptors (Lipinski definition) is 5. The second-order valence-corrected chi connectivity index (χ2v) is 6.89. The van der Waals surface area contributed by atoms with Gasteiger partial charge in [-0.15, -0.1) is 0 Å². The monoisotopic (exact) mass is 317 g/mol. The minimum atomic E-state index is -0.425. The number of hydrogen-bond donors (Lipinski definition) is 1. The maximum atomic E-state index is 10.4. The van der Waals surface area contributed by atoms with Crippen LogP contribution in [0.1, 0.15) is 63.9 Å². The molecule has 0 saturated carbocycles. The summed E-state index contributed by atoms with van der Waals surface area (Å²) in [5.74, 6) is 3.10. The van der Waals surface area contributed by atoms with Crippen LogP contribution in [0.3, 0.4) is 0 Å². The summed E-state index contributed by atoms with van der Waals surface area (Å²) >= 11 is 0. The van der Waals surface area contributed by atoms with Gasteiger partial charge in [0, 0.05) is 18.4 Å². The van der Waals surface area contributed by atoms with Gasteiger partial charge in [-0.1, -0.05) is 39.8 Å². The maximum absolute atomic E-state index is 10.4. The molecule has 0 aromatic carbocycles. The van der Waals surface area contributed by atoms with Gasteiger partial charge in [-0.2, -0.15) is 0 Å². The zero-order chi connectivity index (χ0) is 16.6. The molecule has 5 nitrogen and oxygen atoms in total. The highest BCUT2D eigenvalue weighted by molar-refractivity contribution is 5.59. The van der Waals surface area contributed by atoms with Crippen LogP contribution in [0.15, 0.2) is 12.2 Å². The summed E-state index contributed by atoms with van der Waals surface area (Å²) < 4.78 is 6.05. The molecule has 0 aliphatic carbocycles. The van der Waals surface area contributed by atoms with Gasteiger partial charge in [0.1, 0.15) is 12.4 Å². The molecule has 1 N–H and O–H groups in total. The predicted molar refractivity (Wildman–Crippen MR) is 91.2 cm³/mol. The maximum Gasteiger partial charge on any atom is 0.183 e. The summed E-state index contributed by atoms with van der Waals surface area (Å²) in [6, 6.07) is -0.0443. The smallest absolute Gasteiger partial charge is 0.183 e. The Bertz CT molecular complexity index is 600. The average Bonchev–Trinajstić information content (AvgIpc) is 2.74. The van der Waals surface area contributed by atoms with Crippen molar-refractivity contribution >= 4 is 5.82 Å². The molecule has 1 aromatic heterocycles. The predicted octanol–water partition coefficient (Wildman–Crippen LogP) is 3.00. The molecule has 1 aromatic rings. The van der Waals surface area contributed by atoms with Gasteiger partial charge in [0.05, 0.1) is 17.8 Å². The van der Waals surface area contributed by atoms with Crippen LogP contribution in [0, 0.1) is 0 Å². The number of ether oxygens (including phenoxy) is 1. The molecule has 0 bridgehead atoms. The Kier molecular flexibility index (Phi) is 4.57. The van der Waals surface area contributed by atoms with Gasteiger partial charge in [-0.05, 0) is 12.8 Å². The van der Waals surface area contributed by atoms with E-state index >= 15 is 0 Å². The molecule has 126 valence electrons. The lowest BCUT2D eigenvalue weighted by atomic mass is 10.0. The molecule has 0 saturated heterocycles. The minimum Gasteiger partial charge on any atom is -0.486 e. The molecule has 3 heterocycles. The number of nitrogens with zero attached hydrogens (tertiary/aromatic N) is 3.